The predicted molar refractivity (Wildman–Crippen MR) is 51.2 cm³/mol. The lowest BCUT2D eigenvalue weighted by Gasteiger charge is -2.10. The topological polar surface area (TPSA) is 37.5 Å². The Morgan fingerprint density at radius 2 is 2.00 bits per heavy atom. The van der Waals surface area contributed by atoms with E-state index in [9.17, 15) is 13.2 Å². The lowest BCUT2D eigenvalue weighted by Crippen LogP contribution is -2.20. The molecule has 2 rings (SSSR count). The number of aliphatic hydroxyl groups excluding tert-OH is 1. The summed E-state index contributed by atoms with van der Waals surface area (Å²) < 4.78 is 38.0. The van der Waals surface area contributed by atoms with E-state index in [1.54, 1.807) is 0 Å². The van der Waals surface area contributed by atoms with E-state index in [-0.39, 0.29) is 0 Å². The van der Waals surface area contributed by atoms with Gasteiger partial charge in [0.1, 0.15) is 5.65 Å². The van der Waals surface area contributed by atoms with E-state index < -0.39 is 18.0 Å². The molecule has 0 bridgehead atoms. The first-order valence-corrected chi connectivity index (χ1v) is 4.64. The van der Waals surface area contributed by atoms with Crippen LogP contribution in [0.4, 0.5) is 13.2 Å². The molecular formula is C9H6ClF3N2O. The highest BCUT2D eigenvalue weighted by Gasteiger charge is 2.40. The molecule has 0 spiro atoms. The molecule has 1 N–H and O–H groups in total. The number of imidazole rings is 1. The Bertz CT molecular complexity index is 523. The maximum absolute atomic E-state index is 12.2. The summed E-state index contributed by atoms with van der Waals surface area (Å²) in [5.41, 5.74) is -0.155. The van der Waals surface area contributed by atoms with E-state index in [1.165, 1.54) is 22.7 Å². The van der Waals surface area contributed by atoms with E-state index in [4.69, 9.17) is 16.7 Å². The Kier molecular flexibility index (Phi) is 2.55. The summed E-state index contributed by atoms with van der Waals surface area (Å²) in [6, 6.07) is 2.97. The first-order chi connectivity index (χ1) is 7.38. The lowest BCUT2D eigenvalue weighted by molar-refractivity contribution is -0.207. The number of aliphatic hydroxyl groups is 1. The molecule has 1 atom stereocenters. The van der Waals surface area contributed by atoms with E-state index in [2.05, 4.69) is 4.98 Å². The maximum Gasteiger partial charge on any atom is 0.420 e. The number of halogens is 4. The average molecular weight is 251 g/mol. The van der Waals surface area contributed by atoms with Crippen molar-refractivity contribution >= 4 is 17.2 Å². The first kappa shape index (κ1) is 11.2. The number of nitrogens with zero attached hydrogens (tertiary/aromatic N) is 2. The van der Waals surface area contributed by atoms with E-state index in [0.717, 1.165) is 6.20 Å². The van der Waals surface area contributed by atoms with Crippen LogP contribution in [-0.2, 0) is 0 Å². The van der Waals surface area contributed by atoms with Gasteiger partial charge in [0.15, 0.2) is 6.10 Å². The third kappa shape index (κ3) is 1.98. The zero-order valence-corrected chi connectivity index (χ0v) is 8.50. The molecule has 7 heteroatoms. The second-order valence-corrected chi connectivity index (χ2v) is 3.66. The zero-order chi connectivity index (χ0) is 11.9. The molecule has 0 aliphatic rings. The highest BCUT2D eigenvalue weighted by atomic mass is 35.5. The summed E-state index contributed by atoms with van der Waals surface area (Å²) in [4.78, 5) is 3.65. The molecule has 3 nitrogen and oxygen atoms in total. The Balaban J connectivity index is 2.47. The number of hydrogen-bond acceptors (Lipinski definition) is 2. The van der Waals surface area contributed by atoms with Crippen molar-refractivity contribution in [3.63, 3.8) is 0 Å². The van der Waals surface area contributed by atoms with Gasteiger partial charge in [-0.2, -0.15) is 13.2 Å². The first-order valence-electron chi connectivity index (χ1n) is 4.27. The third-order valence-corrected chi connectivity index (χ3v) is 2.25. The number of aromatic nitrogens is 2. The SMILES string of the molecule is OC(c1cn2cc(Cl)ccc2n1)C(F)(F)F. The number of pyridine rings is 1. The van der Waals surface area contributed by atoms with E-state index in [1.807, 2.05) is 0 Å². The standard InChI is InChI=1S/C9H6ClF3N2O/c10-5-1-2-7-14-6(4-15(7)3-5)8(16)9(11,12)13/h1-4,8,16H. The van der Waals surface area contributed by atoms with Gasteiger partial charge >= 0.3 is 6.18 Å². The molecule has 0 aliphatic heterocycles. The van der Waals surface area contributed by atoms with Crippen molar-refractivity contribution in [2.24, 2.45) is 0 Å². The number of fused-ring (bicyclic) bond motifs is 1. The van der Waals surface area contributed by atoms with Gasteiger partial charge in [-0.05, 0) is 12.1 Å². The van der Waals surface area contributed by atoms with Crippen LogP contribution in [0, 0.1) is 0 Å². The molecule has 0 saturated carbocycles. The van der Waals surface area contributed by atoms with Gasteiger partial charge in [-0.25, -0.2) is 4.98 Å². The van der Waals surface area contributed by atoms with Gasteiger partial charge in [0, 0.05) is 12.4 Å². The molecule has 86 valence electrons. The van der Waals surface area contributed by atoms with Crippen molar-refractivity contribution in [3.8, 4) is 0 Å². The molecule has 0 fully saturated rings. The summed E-state index contributed by atoms with van der Waals surface area (Å²) in [5, 5.41) is 9.37. The number of rotatable bonds is 1. The Labute approximate surface area is 93.1 Å². The third-order valence-electron chi connectivity index (χ3n) is 2.02. The Hall–Kier alpha value is -1.27. The fourth-order valence-corrected chi connectivity index (χ4v) is 1.45. The molecule has 0 aliphatic carbocycles. The van der Waals surface area contributed by atoms with Gasteiger partial charge in [0.25, 0.3) is 0 Å². The van der Waals surface area contributed by atoms with Gasteiger partial charge in [0.2, 0.25) is 0 Å². The van der Waals surface area contributed by atoms with Crippen LogP contribution in [0.2, 0.25) is 5.02 Å². The molecular weight excluding hydrogens is 245 g/mol. The zero-order valence-electron chi connectivity index (χ0n) is 7.74. The predicted octanol–water partition coefficient (Wildman–Crippen LogP) is 2.58. The van der Waals surface area contributed by atoms with Crippen LogP contribution < -0.4 is 0 Å². The summed E-state index contributed by atoms with van der Waals surface area (Å²) in [6.07, 6.45) is -4.79. The normalized spacial score (nSPS) is 14.3. The number of hydrogen-bond donors (Lipinski definition) is 1. The molecule has 2 aromatic rings. The smallest absolute Gasteiger partial charge is 0.378 e. The molecule has 1 unspecified atom stereocenters. The van der Waals surface area contributed by atoms with Crippen LogP contribution in [0.25, 0.3) is 5.65 Å². The Morgan fingerprint density at radius 3 is 2.62 bits per heavy atom. The molecule has 0 radical (unpaired) electrons. The minimum atomic E-state index is -4.72. The maximum atomic E-state index is 12.2. The molecule has 2 heterocycles. The van der Waals surface area contributed by atoms with Crippen molar-refractivity contribution < 1.29 is 18.3 Å². The van der Waals surface area contributed by atoms with E-state index >= 15 is 0 Å². The van der Waals surface area contributed by atoms with Crippen molar-refractivity contribution in [1.82, 2.24) is 9.38 Å². The van der Waals surface area contributed by atoms with Crippen molar-refractivity contribution in [2.45, 2.75) is 12.3 Å². The number of alkyl halides is 3. The van der Waals surface area contributed by atoms with Crippen molar-refractivity contribution in [2.75, 3.05) is 0 Å². The van der Waals surface area contributed by atoms with Crippen molar-refractivity contribution in [3.05, 3.63) is 35.2 Å². The highest BCUT2D eigenvalue weighted by Crippen LogP contribution is 2.31. The highest BCUT2D eigenvalue weighted by molar-refractivity contribution is 6.30. The Morgan fingerprint density at radius 1 is 1.31 bits per heavy atom. The second-order valence-electron chi connectivity index (χ2n) is 3.22. The van der Waals surface area contributed by atoms with Crippen LogP contribution in [0.3, 0.4) is 0 Å². The largest absolute Gasteiger partial charge is 0.420 e. The van der Waals surface area contributed by atoms with Crippen LogP contribution in [0.1, 0.15) is 11.8 Å². The minimum absolute atomic E-state index is 0.294. The van der Waals surface area contributed by atoms with Gasteiger partial charge in [-0.15, -0.1) is 0 Å². The van der Waals surface area contributed by atoms with Gasteiger partial charge in [-0.1, -0.05) is 11.6 Å². The molecule has 2 aromatic heterocycles. The summed E-state index contributed by atoms with van der Waals surface area (Å²) in [6.45, 7) is 0. The average Bonchev–Trinajstić information content (AvgIpc) is 2.57. The van der Waals surface area contributed by atoms with Gasteiger partial charge in [0.05, 0.1) is 10.7 Å². The molecule has 16 heavy (non-hydrogen) atoms. The minimum Gasteiger partial charge on any atom is -0.378 e. The van der Waals surface area contributed by atoms with Gasteiger partial charge in [-0.3, -0.25) is 0 Å². The van der Waals surface area contributed by atoms with Crippen LogP contribution in [0.15, 0.2) is 24.5 Å². The lowest BCUT2D eigenvalue weighted by atomic mass is 10.3. The quantitative estimate of drug-likeness (QED) is 0.845. The van der Waals surface area contributed by atoms with Crippen LogP contribution in [0.5, 0.6) is 0 Å². The van der Waals surface area contributed by atoms with Crippen LogP contribution in [-0.4, -0.2) is 20.7 Å². The van der Waals surface area contributed by atoms with Crippen LogP contribution >= 0.6 is 11.6 Å². The van der Waals surface area contributed by atoms with Gasteiger partial charge < -0.3 is 9.51 Å². The molecule has 0 amide bonds. The van der Waals surface area contributed by atoms with E-state index in [0.29, 0.717) is 10.7 Å². The summed E-state index contributed by atoms with van der Waals surface area (Å²) in [5.74, 6) is 0. The summed E-state index contributed by atoms with van der Waals surface area (Å²) in [7, 11) is 0. The van der Waals surface area contributed by atoms with Crippen molar-refractivity contribution in [1.29, 1.82) is 0 Å². The second kappa shape index (κ2) is 3.64. The fourth-order valence-electron chi connectivity index (χ4n) is 1.28. The molecule has 0 aromatic carbocycles. The monoisotopic (exact) mass is 250 g/mol. The fraction of sp³-hybridized carbons (Fsp3) is 0.222. The molecule has 0 saturated heterocycles. The summed E-state index contributed by atoms with van der Waals surface area (Å²) >= 11 is 5.66.